The highest BCUT2D eigenvalue weighted by molar-refractivity contribution is 6.01. The molecule has 30 heavy (non-hydrogen) atoms. The van der Waals surface area contributed by atoms with Crippen LogP contribution in [0.3, 0.4) is 0 Å². The summed E-state index contributed by atoms with van der Waals surface area (Å²) in [6, 6.07) is 12.6. The molecule has 1 aliphatic heterocycles. The number of aromatic nitrogens is 2. The van der Waals surface area contributed by atoms with Gasteiger partial charge in [-0.3, -0.25) is 14.6 Å². The van der Waals surface area contributed by atoms with Crippen LogP contribution in [0.2, 0.25) is 0 Å². The maximum atomic E-state index is 13.4. The maximum Gasteiger partial charge on any atom is 0.287 e. The van der Waals surface area contributed by atoms with Crippen LogP contribution in [0.25, 0.3) is 33.0 Å². The number of nitrogens with zero attached hydrogens (tertiary/aromatic N) is 2. The van der Waals surface area contributed by atoms with Crippen molar-refractivity contribution in [1.29, 1.82) is 0 Å². The molecule has 0 radical (unpaired) electrons. The second-order valence-electron chi connectivity index (χ2n) is 7.49. The van der Waals surface area contributed by atoms with Crippen molar-refractivity contribution in [3.8, 4) is 11.1 Å². The molecule has 0 atom stereocenters. The van der Waals surface area contributed by atoms with Crippen molar-refractivity contribution in [3.05, 3.63) is 64.6 Å². The van der Waals surface area contributed by atoms with Gasteiger partial charge in [0.1, 0.15) is 0 Å². The van der Waals surface area contributed by atoms with Crippen LogP contribution in [-0.4, -0.2) is 40.0 Å². The van der Waals surface area contributed by atoms with Gasteiger partial charge in [0.15, 0.2) is 5.58 Å². The van der Waals surface area contributed by atoms with Crippen molar-refractivity contribution in [2.75, 3.05) is 13.1 Å². The van der Waals surface area contributed by atoms with Gasteiger partial charge in [0.05, 0.1) is 16.5 Å². The number of hydrogen-bond donors (Lipinski definition) is 1. The third kappa shape index (κ3) is 3.14. The highest BCUT2D eigenvalue weighted by Crippen LogP contribution is 2.31. The first-order chi connectivity index (χ1) is 14.4. The highest BCUT2D eigenvalue weighted by Gasteiger charge is 2.35. The Balaban J connectivity index is 1.50. The molecule has 0 bridgehead atoms. The van der Waals surface area contributed by atoms with Crippen molar-refractivity contribution in [3.63, 3.8) is 0 Å². The summed E-state index contributed by atoms with van der Waals surface area (Å²) in [4.78, 5) is 30.4. The lowest BCUT2D eigenvalue weighted by molar-refractivity contribution is -0.0494. The van der Waals surface area contributed by atoms with E-state index < -0.39 is 5.92 Å². The third-order valence-corrected chi connectivity index (χ3v) is 5.53. The molecule has 3 heterocycles. The fourth-order valence-electron chi connectivity index (χ4n) is 3.85. The fraction of sp³-hybridized carbons (Fsp3) is 0.227. The van der Waals surface area contributed by atoms with Crippen LogP contribution in [0.4, 0.5) is 8.78 Å². The number of alkyl halides is 2. The zero-order chi connectivity index (χ0) is 20.9. The maximum absolute atomic E-state index is 13.4. The average Bonchev–Trinajstić information content (AvgIpc) is 3.12. The summed E-state index contributed by atoms with van der Waals surface area (Å²) in [5.74, 6) is -2.99. The van der Waals surface area contributed by atoms with Crippen molar-refractivity contribution in [2.45, 2.75) is 18.8 Å². The number of H-pyrrole nitrogens is 1. The highest BCUT2D eigenvalue weighted by atomic mass is 19.3. The number of likely N-dealkylation sites (tertiary alicyclic amines) is 1. The molecule has 8 heteroatoms. The molecule has 0 aliphatic carbocycles. The zero-order valence-electron chi connectivity index (χ0n) is 15.8. The van der Waals surface area contributed by atoms with Crippen molar-refractivity contribution >= 4 is 27.8 Å². The number of halogens is 2. The van der Waals surface area contributed by atoms with Gasteiger partial charge in [-0.1, -0.05) is 24.3 Å². The number of benzene rings is 2. The molecule has 152 valence electrons. The zero-order valence-corrected chi connectivity index (χ0v) is 15.8. The summed E-state index contributed by atoms with van der Waals surface area (Å²) in [5, 5.41) is 3.54. The van der Waals surface area contributed by atoms with Gasteiger partial charge in [0.2, 0.25) is 0 Å². The molecular formula is C22H17F2N3O3. The molecule has 1 N–H and O–H groups in total. The Labute approximate surface area is 169 Å². The molecule has 5 rings (SSSR count). The van der Waals surface area contributed by atoms with E-state index >= 15 is 0 Å². The van der Waals surface area contributed by atoms with E-state index in [0.29, 0.717) is 22.0 Å². The number of hydrogen-bond acceptors (Lipinski definition) is 4. The summed E-state index contributed by atoms with van der Waals surface area (Å²) in [5.41, 5.74) is 2.87. The first-order valence-electron chi connectivity index (χ1n) is 9.59. The number of carbonyl (C=O) groups excluding carboxylic acids is 1. The molecule has 1 amide bonds. The quantitative estimate of drug-likeness (QED) is 0.538. The van der Waals surface area contributed by atoms with Crippen LogP contribution >= 0.6 is 0 Å². The van der Waals surface area contributed by atoms with E-state index in [4.69, 9.17) is 4.52 Å². The number of fused-ring (bicyclic) bond motifs is 2. The predicted molar refractivity (Wildman–Crippen MR) is 108 cm³/mol. The summed E-state index contributed by atoms with van der Waals surface area (Å²) in [7, 11) is 0. The van der Waals surface area contributed by atoms with Crippen molar-refractivity contribution in [2.24, 2.45) is 0 Å². The Morgan fingerprint density at radius 3 is 2.73 bits per heavy atom. The number of piperidine rings is 1. The fourth-order valence-corrected chi connectivity index (χ4v) is 3.85. The Morgan fingerprint density at radius 1 is 1.13 bits per heavy atom. The first-order valence-corrected chi connectivity index (χ1v) is 9.59. The topological polar surface area (TPSA) is 79.2 Å². The molecule has 2 aromatic carbocycles. The first kappa shape index (κ1) is 18.5. The Hall–Kier alpha value is -3.55. The normalized spacial score (nSPS) is 16.3. The van der Waals surface area contributed by atoms with Gasteiger partial charge in [0, 0.05) is 43.1 Å². The number of rotatable bonds is 2. The molecule has 2 aromatic heterocycles. The summed E-state index contributed by atoms with van der Waals surface area (Å²) in [6.07, 6.45) is 0.846. The number of carbonyl (C=O) groups is 1. The number of pyridine rings is 1. The minimum Gasteiger partial charge on any atom is -0.378 e. The van der Waals surface area contributed by atoms with Gasteiger partial charge in [-0.2, -0.15) is 5.16 Å². The molecule has 1 aliphatic rings. The Bertz CT molecular complexity index is 1330. The predicted octanol–water partition coefficient (Wildman–Crippen LogP) is 4.21. The molecular weight excluding hydrogens is 392 g/mol. The van der Waals surface area contributed by atoms with E-state index in [1.54, 1.807) is 18.2 Å². The number of nitrogens with one attached hydrogen (secondary N) is 1. The van der Waals surface area contributed by atoms with Crippen LogP contribution in [0.5, 0.6) is 0 Å². The van der Waals surface area contributed by atoms with Crippen LogP contribution in [0, 0.1) is 0 Å². The number of amides is 1. The summed E-state index contributed by atoms with van der Waals surface area (Å²) in [6.45, 7) is 0.0670. The smallest absolute Gasteiger partial charge is 0.287 e. The standard InChI is InChI=1S/C22H17F2N3O3/c23-22(24)6-8-27(9-7-22)21(29)15-10-14-2-1-3-16(19(14)25-12-15)13-4-5-17-18(11-13)30-26-20(17)28/h1-5,10-12H,6-9H2,(H,26,28). The number of para-hydroxylation sites is 1. The summed E-state index contributed by atoms with van der Waals surface area (Å²) >= 11 is 0. The van der Waals surface area contributed by atoms with E-state index in [9.17, 15) is 18.4 Å². The SMILES string of the molecule is O=C(c1cnc2c(-c3ccc4c(=O)[nH]oc4c3)cccc2c1)N1CCC(F)(F)CC1. The minimum absolute atomic E-state index is 0.0335. The molecule has 0 saturated carbocycles. The largest absolute Gasteiger partial charge is 0.378 e. The Kier molecular flexibility index (Phi) is 4.16. The Morgan fingerprint density at radius 2 is 1.93 bits per heavy atom. The van der Waals surface area contributed by atoms with Crippen LogP contribution in [0.1, 0.15) is 23.2 Å². The monoisotopic (exact) mass is 409 g/mol. The van der Waals surface area contributed by atoms with Crippen LogP contribution in [-0.2, 0) is 0 Å². The minimum atomic E-state index is -2.70. The molecule has 1 saturated heterocycles. The van der Waals surface area contributed by atoms with Gasteiger partial charge in [-0.15, -0.1) is 0 Å². The van der Waals surface area contributed by atoms with Gasteiger partial charge in [-0.25, -0.2) is 8.78 Å². The van der Waals surface area contributed by atoms with Gasteiger partial charge >= 0.3 is 0 Å². The van der Waals surface area contributed by atoms with Crippen molar-refractivity contribution in [1.82, 2.24) is 15.0 Å². The van der Waals surface area contributed by atoms with Crippen LogP contribution in [0.15, 0.2) is 58.0 Å². The van der Waals surface area contributed by atoms with Gasteiger partial charge in [0.25, 0.3) is 17.4 Å². The molecule has 1 fully saturated rings. The van der Waals surface area contributed by atoms with E-state index in [1.807, 2.05) is 24.3 Å². The van der Waals surface area contributed by atoms with Crippen LogP contribution < -0.4 is 5.56 Å². The lowest BCUT2D eigenvalue weighted by Crippen LogP contribution is -2.42. The molecule has 6 nitrogen and oxygen atoms in total. The van der Waals surface area contributed by atoms with E-state index in [0.717, 1.165) is 16.5 Å². The van der Waals surface area contributed by atoms with Gasteiger partial charge in [-0.05, 0) is 23.8 Å². The molecule has 0 spiro atoms. The lowest BCUT2D eigenvalue weighted by Gasteiger charge is -2.31. The summed E-state index contributed by atoms with van der Waals surface area (Å²) < 4.78 is 32.0. The third-order valence-electron chi connectivity index (χ3n) is 5.53. The number of aromatic amines is 1. The van der Waals surface area contributed by atoms with E-state index in [2.05, 4.69) is 10.1 Å². The molecule has 0 unspecified atom stereocenters. The van der Waals surface area contributed by atoms with Crippen molar-refractivity contribution < 1.29 is 18.1 Å². The second kappa shape index (κ2) is 6.76. The van der Waals surface area contributed by atoms with E-state index in [-0.39, 0.29) is 37.4 Å². The van der Waals surface area contributed by atoms with Gasteiger partial charge < -0.3 is 9.42 Å². The second-order valence-corrected chi connectivity index (χ2v) is 7.49. The van der Waals surface area contributed by atoms with E-state index in [1.165, 1.54) is 11.1 Å². The lowest BCUT2D eigenvalue weighted by atomic mass is 10.00. The average molecular weight is 409 g/mol. The molecule has 4 aromatic rings.